The van der Waals surface area contributed by atoms with E-state index in [1.165, 1.54) is 30.7 Å². The molecule has 0 bridgehead atoms. The Kier molecular flexibility index (Phi) is 3.48. The van der Waals surface area contributed by atoms with Crippen molar-refractivity contribution in [3.63, 3.8) is 0 Å². The van der Waals surface area contributed by atoms with Gasteiger partial charge in [-0.3, -0.25) is 4.90 Å². The minimum absolute atomic E-state index is 0.329. The molecule has 1 saturated heterocycles. The van der Waals surface area contributed by atoms with Crippen LogP contribution < -0.4 is 5.32 Å². The molecule has 3 rings (SSSR count). The lowest BCUT2D eigenvalue weighted by Gasteiger charge is -2.48. The number of rotatable bonds is 4. The summed E-state index contributed by atoms with van der Waals surface area (Å²) in [6, 6.07) is 5.18. The van der Waals surface area contributed by atoms with E-state index in [1.54, 1.807) is 0 Å². The molecular formula is C15H24N2S. The van der Waals surface area contributed by atoms with Crippen molar-refractivity contribution in [2.24, 2.45) is 5.92 Å². The van der Waals surface area contributed by atoms with Crippen molar-refractivity contribution in [3.8, 4) is 0 Å². The molecular weight excluding hydrogens is 240 g/mol. The molecule has 18 heavy (non-hydrogen) atoms. The van der Waals surface area contributed by atoms with Crippen LogP contribution in [-0.2, 0) is 6.54 Å². The maximum Gasteiger partial charge on any atom is 0.0334 e. The van der Waals surface area contributed by atoms with Gasteiger partial charge in [-0.1, -0.05) is 13.0 Å². The van der Waals surface area contributed by atoms with Gasteiger partial charge in [-0.15, -0.1) is 11.3 Å². The molecule has 2 atom stereocenters. The first-order valence-electron chi connectivity index (χ1n) is 7.22. The Morgan fingerprint density at radius 2 is 2.33 bits per heavy atom. The second kappa shape index (κ2) is 4.95. The van der Waals surface area contributed by atoms with Crippen LogP contribution in [0, 0.1) is 5.92 Å². The summed E-state index contributed by atoms with van der Waals surface area (Å²) in [5, 5.41) is 5.99. The van der Waals surface area contributed by atoms with E-state index in [9.17, 15) is 0 Å². The summed E-state index contributed by atoms with van der Waals surface area (Å²) in [5.41, 5.74) is 0.329. The number of hydrogen-bond acceptors (Lipinski definition) is 3. The van der Waals surface area contributed by atoms with Crippen molar-refractivity contribution in [3.05, 3.63) is 22.4 Å². The molecule has 1 aliphatic carbocycles. The highest BCUT2D eigenvalue weighted by Crippen LogP contribution is 2.37. The topological polar surface area (TPSA) is 15.3 Å². The Morgan fingerprint density at radius 3 is 2.94 bits per heavy atom. The van der Waals surface area contributed by atoms with Crippen molar-refractivity contribution in [1.29, 1.82) is 0 Å². The van der Waals surface area contributed by atoms with E-state index in [1.807, 2.05) is 11.3 Å². The summed E-state index contributed by atoms with van der Waals surface area (Å²) in [7, 11) is 0. The van der Waals surface area contributed by atoms with Crippen LogP contribution in [0.25, 0.3) is 0 Å². The van der Waals surface area contributed by atoms with Crippen LogP contribution >= 0.6 is 11.3 Å². The third kappa shape index (κ3) is 2.49. The standard InChI is InChI=1S/C15H24N2S/c1-3-15(2)11-16-14(12-6-7-12)10-17(15)9-13-5-4-8-18-13/h4-5,8,12,14,16H,3,6-7,9-11H2,1-2H3. The Hall–Kier alpha value is -0.380. The Bertz CT molecular complexity index is 385. The Balaban J connectivity index is 1.72. The first kappa shape index (κ1) is 12.6. The molecule has 1 aromatic rings. The van der Waals surface area contributed by atoms with Gasteiger partial charge < -0.3 is 5.32 Å². The van der Waals surface area contributed by atoms with Gasteiger partial charge in [-0.25, -0.2) is 0 Å². The quantitative estimate of drug-likeness (QED) is 0.899. The fraction of sp³-hybridized carbons (Fsp3) is 0.733. The summed E-state index contributed by atoms with van der Waals surface area (Å²) >= 11 is 1.89. The number of nitrogens with zero attached hydrogens (tertiary/aromatic N) is 1. The average molecular weight is 264 g/mol. The molecule has 1 saturated carbocycles. The zero-order valence-electron chi connectivity index (χ0n) is 11.5. The molecule has 1 aromatic heterocycles. The summed E-state index contributed by atoms with van der Waals surface area (Å²) in [5.74, 6) is 0.956. The van der Waals surface area contributed by atoms with Crippen LogP contribution in [0.1, 0.15) is 38.0 Å². The van der Waals surface area contributed by atoms with Crippen molar-refractivity contribution in [1.82, 2.24) is 10.2 Å². The molecule has 1 N–H and O–H groups in total. The van der Waals surface area contributed by atoms with Gasteiger partial charge in [0, 0.05) is 36.1 Å². The minimum Gasteiger partial charge on any atom is -0.311 e. The molecule has 3 heteroatoms. The summed E-state index contributed by atoms with van der Waals surface area (Å²) < 4.78 is 0. The van der Waals surface area contributed by atoms with Crippen LogP contribution in [0.2, 0.25) is 0 Å². The summed E-state index contributed by atoms with van der Waals surface area (Å²) in [6.07, 6.45) is 4.10. The zero-order valence-corrected chi connectivity index (χ0v) is 12.3. The van der Waals surface area contributed by atoms with Crippen LogP contribution in [0.5, 0.6) is 0 Å². The predicted octanol–water partition coefficient (Wildman–Crippen LogP) is 3.10. The van der Waals surface area contributed by atoms with Crippen molar-refractivity contribution < 1.29 is 0 Å². The highest BCUT2D eigenvalue weighted by atomic mass is 32.1. The van der Waals surface area contributed by atoms with Crippen LogP contribution in [0.4, 0.5) is 0 Å². The van der Waals surface area contributed by atoms with E-state index < -0.39 is 0 Å². The first-order chi connectivity index (χ1) is 8.71. The van der Waals surface area contributed by atoms with Gasteiger partial charge in [-0.05, 0) is 43.6 Å². The van der Waals surface area contributed by atoms with E-state index in [0.717, 1.165) is 25.0 Å². The second-order valence-corrected chi connectivity index (χ2v) is 7.17. The third-order valence-corrected chi connectivity index (χ3v) is 5.67. The fourth-order valence-corrected chi connectivity index (χ4v) is 3.71. The SMILES string of the molecule is CCC1(C)CNC(C2CC2)CN1Cc1cccs1. The molecule has 0 aromatic carbocycles. The molecule has 0 spiro atoms. The number of piperazine rings is 1. The molecule has 0 amide bonds. The van der Waals surface area contributed by atoms with Crippen molar-refractivity contribution >= 4 is 11.3 Å². The molecule has 100 valence electrons. The largest absolute Gasteiger partial charge is 0.311 e. The predicted molar refractivity (Wildman–Crippen MR) is 77.9 cm³/mol. The number of nitrogens with one attached hydrogen (secondary N) is 1. The minimum atomic E-state index is 0.329. The van der Waals surface area contributed by atoms with Crippen LogP contribution in [-0.4, -0.2) is 29.6 Å². The maximum atomic E-state index is 3.79. The normalized spacial score (nSPS) is 33.8. The van der Waals surface area contributed by atoms with Gasteiger partial charge in [-0.2, -0.15) is 0 Å². The lowest BCUT2D eigenvalue weighted by molar-refractivity contribution is 0.0378. The summed E-state index contributed by atoms with van der Waals surface area (Å²) in [6.45, 7) is 8.24. The number of thiophene rings is 1. The molecule has 0 radical (unpaired) electrons. The van der Waals surface area contributed by atoms with Gasteiger partial charge in [0.15, 0.2) is 0 Å². The highest BCUT2D eigenvalue weighted by Gasteiger charge is 2.41. The smallest absolute Gasteiger partial charge is 0.0334 e. The van der Waals surface area contributed by atoms with Crippen LogP contribution in [0.15, 0.2) is 17.5 Å². The van der Waals surface area contributed by atoms with E-state index in [2.05, 4.69) is 41.6 Å². The van der Waals surface area contributed by atoms with E-state index in [-0.39, 0.29) is 0 Å². The monoisotopic (exact) mass is 264 g/mol. The molecule has 2 aliphatic rings. The lowest BCUT2D eigenvalue weighted by Crippen LogP contribution is -2.63. The Labute approximate surface area is 114 Å². The maximum absolute atomic E-state index is 3.79. The van der Waals surface area contributed by atoms with E-state index in [0.29, 0.717) is 5.54 Å². The molecule has 2 fully saturated rings. The molecule has 1 aliphatic heterocycles. The molecule has 2 nitrogen and oxygen atoms in total. The van der Waals surface area contributed by atoms with E-state index in [4.69, 9.17) is 0 Å². The van der Waals surface area contributed by atoms with E-state index >= 15 is 0 Å². The van der Waals surface area contributed by atoms with Crippen molar-refractivity contribution in [2.75, 3.05) is 13.1 Å². The lowest BCUT2D eigenvalue weighted by atomic mass is 9.91. The third-order valence-electron chi connectivity index (χ3n) is 4.81. The van der Waals surface area contributed by atoms with Gasteiger partial charge >= 0.3 is 0 Å². The Morgan fingerprint density at radius 1 is 1.50 bits per heavy atom. The van der Waals surface area contributed by atoms with Crippen LogP contribution in [0.3, 0.4) is 0 Å². The highest BCUT2D eigenvalue weighted by molar-refractivity contribution is 7.09. The summed E-state index contributed by atoms with van der Waals surface area (Å²) in [4.78, 5) is 4.23. The molecule has 2 heterocycles. The van der Waals surface area contributed by atoms with Gasteiger partial charge in [0.25, 0.3) is 0 Å². The van der Waals surface area contributed by atoms with Gasteiger partial charge in [0.1, 0.15) is 0 Å². The number of hydrogen-bond donors (Lipinski definition) is 1. The van der Waals surface area contributed by atoms with Gasteiger partial charge in [0.2, 0.25) is 0 Å². The first-order valence-corrected chi connectivity index (χ1v) is 8.10. The fourth-order valence-electron chi connectivity index (χ4n) is 2.99. The van der Waals surface area contributed by atoms with Crippen molar-refractivity contribution in [2.45, 2.75) is 51.2 Å². The van der Waals surface area contributed by atoms with Gasteiger partial charge in [0.05, 0.1) is 0 Å². The second-order valence-electron chi connectivity index (χ2n) is 6.14. The zero-order chi connectivity index (χ0) is 12.6. The molecule has 2 unspecified atom stereocenters. The average Bonchev–Trinajstić information content (AvgIpc) is 3.11.